The summed E-state index contributed by atoms with van der Waals surface area (Å²) in [6.45, 7) is 3.67. The van der Waals surface area contributed by atoms with Gasteiger partial charge in [-0.25, -0.2) is 4.39 Å². The number of carbonyl (C=O) groups is 1. The zero-order valence-electron chi connectivity index (χ0n) is 10.2. The second-order valence-corrected chi connectivity index (χ2v) is 5.27. The third-order valence-corrected chi connectivity index (χ3v) is 3.63. The molecule has 1 saturated heterocycles. The van der Waals surface area contributed by atoms with Gasteiger partial charge in [-0.05, 0) is 45.0 Å². The molecule has 1 amide bonds. The third kappa shape index (κ3) is 2.82. The number of benzene rings is 1. The van der Waals surface area contributed by atoms with E-state index in [-0.39, 0.29) is 16.1 Å². The average molecular weight is 271 g/mol. The SMILES string of the molecule is CC1(NC(=O)c2c(F)cccc2Cl)CCNCC1. The Hall–Kier alpha value is -1.13. The molecule has 2 N–H and O–H groups in total. The smallest absolute Gasteiger partial charge is 0.256 e. The van der Waals surface area contributed by atoms with Crippen LogP contribution in [-0.2, 0) is 0 Å². The normalized spacial score (nSPS) is 18.4. The molecule has 1 heterocycles. The first kappa shape index (κ1) is 13.3. The van der Waals surface area contributed by atoms with E-state index in [4.69, 9.17) is 11.6 Å². The third-order valence-electron chi connectivity index (χ3n) is 3.31. The van der Waals surface area contributed by atoms with E-state index in [0.29, 0.717) is 0 Å². The minimum absolute atomic E-state index is 0.0704. The molecule has 1 fully saturated rings. The summed E-state index contributed by atoms with van der Waals surface area (Å²) in [6, 6.07) is 4.25. The van der Waals surface area contributed by atoms with Crippen molar-refractivity contribution in [3.8, 4) is 0 Å². The lowest BCUT2D eigenvalue weighted by Gasteiger charge is -2.35. The number of nitrogens with one attached hydrogen (secondary N) is 2. The molecule has 98 valence electrons. The minimum atomic E-state index is -0.586. The Morgan fingerprint density at radius 3 is 2.72 bits per heavy atom. The molecule has 2 rings (SSSR count). The summed E-state index contributed by atoms with van der Waals surface area (Å²) < 4.78 is 13.6. The number of amides is 1. The van der Waals surface area contributed by atoms with Crippen molar-refractivity contribution in [2.75, 3.05) is 13.1 Å². The summed E-state index contributed by atoms with van der Waals surface area (Å²) in [5.74, 6) is -1.03. The molecule has 3 nitrogen and oxygen atoms in total. The molecule has 1 aliphatic rings. The standard InChI is InChI=1S/C13H16ClFN2O/c1-13(5-7-16-8-6-13)17-12(18)11-9(14)3-2-4-10(11)15/h2-4,16H,5-8H2,1H3,(H,17,18). The van der Waals surface area contributed by atoms with Crippen LogP contribution in [0.3, 0.4) is 0 Å². The number of halogens is 2. The lowest BCUT2D eigenvalue weighted by Crippen LogP contribution is -2.52. The van der Waals surface area contributed by atoms with Crippen molar-refractivity contribution in [1.82, 2.24) is 10.6 Å². The van der Waals surface area contributed by atoms with Gasteiger partial charge in [0, 0.05) is 5.54 Å². The largest absolute Gasteiger partial charge is 0.347 e. The Bertz CT molecular complexity index is 438. The Morgan fingerprint density at radius 2 is 2.11 bits per heavy atom. The first-order valence-corrected chi connectivity index (χ1v) is 6.37. The van der Waals surface area contributed by atoms with Gasteiger partial charge in [0.25, 0.3) is 5.91 Å². The van der Waals surface area contributed by atoms with E-state index in [0.717, 1.165) is 25.9 Å². The molecule has 1 aromatic rings. The van der Waals surface area contributed by atoms with Crippen LogP contribution in [0.4, 0.5) is 4.39 Å². The van der Waals surface area contributed by atoms with E-state index >= 15 is 0 Å². The summed E-state index contributed by atoms with van der Waals surface area (Å²) in [4.78, 5) is 12.1. The highest BCUT2D eigenvalue weighted by atomic mass is 35.5. The zero-order chi connectivity index (χ0) is 13.2. The number of hydrogen-bond donors (Lipinski definition) is 2. The Morgan fingerprint density at radius 1 is 1.44 bits per heavy atom. The van der Waals surface area contributed by atoms with Crippen molar-refractivity contribution in [3.63, 3.8) is 0 Å². The highest BCUT2D eigenvalue weighted by Gasteiger charge is 2.30. The van der Waals surface area contributed by atoms with E-state index < -0.39 is 11.7 Å². The summed E-state index contributed by atoms with van der Waals surface area (Å²) in [7, 11) is 0. The maximum absolute atomic E-state index is 13.6. The molecule has 0 spiro atoms. The van der Waals surface area contributed by atoms with Crippen molar-refractivity contribution >= 4 is 17.5 Å². The molecular weight excluding hydrogens is 255 g/mol. The van der Waals surface area contributed by atoms with Crippen LogP contribution >= 0.6 is 11.6 Å². The van der Waals surface area contributed by atoms with Gasteiger partial charge in [-0.3, -0.25) is 4.79 Å². The van der Waals surface area contributed by atoms with Crippen LogP contribution in [0.25, 0.3) is 0 Å². The fraction of sp³-hybridized carbons (Fsp3) is 0.462. The molecule has 18 heavy (non-hydrogen) atoms. The first-order chi connectivity index (χ1) is 8.52. The van der Waals surface area contributed by atoms with Gasteiger partial charge in [0.15, 0.2) is 0 Å². The maximum Gasteiger partial charge on any atom is 0.256 e. The second-order valence-electron chi connectivity index (χ2n) is 4.86. The van der Waals surface area contributed by atoms with Crippen LogP contribution < -0.4 is 10.6 Å². The molecule has 0 radical (unpaired) electrons. The van der Waals surface area contributed by atoms with Gasteiger partial charge in [0.05, 0.1) is 10.6 Å². The van der Waals surface area contributed by atoms with Crippen LogP contribution in [0.2, 0.25) is 5.02 Å². The van der Waals surface area contributed by atoms with Gasteiger partial charge >= 0.3 is 0 Å². The summed E-state index contributed by atoms with van der Waals surface area (Å²) in [6.07, 6.45) is 1.65. The number of rotatable bonds is 2. The quantitative estimate of drug-likeness (QED) is 0.866. The number of piperidine rings is 1. The molecular formula is C13H16ClFN2O. The molecule has 0 atom stereocenters. The highest BCUT2D eigenvalue weighted by molar-refractivity contribution is 6.33. The number of carbonyl (C=O) groups excluding carboxylic acids is 1. The molecule has 1 aromatic carbocycles. The summed E-state index contributed by atoms with van der Waals surface area (Å²) in [5.41, 5.74) is -0.368. The van der Waals surface area contributed by atoms with Gasteiger partial charge in [0.1, 0.15) is 5.82 Å². The molecule has 5 heteroatoms. The van der Waals surface area contributed by atoms with Crippen LogP contribution in [0, 0.1) is 5.82 Å². The van der Waals surface area contributed by atoms with E-state index in [2.05, 4.69) is 10.6 Å². The Balaban J connectivity index is 2.17. The lowest BCUT2D eigenvalue weighted by atomic mass is 9.90. The van der Waals surface area contributed by atoms with Crippen molar-refractivity contribution in [2.24, 2.45) is 0 Å². The predicted octanol–water partition coefficient (Wildman–Crippen LogP) is 2.35. The van der Waals surface area contributed by atoms with Crippen molar-refractivity contribution in [3.05, 3.63) is 34.6 Å². The van der Waals surface area contributed by atoms with Crippen LogP contribution in [0.15, 0.2) is 18.2 Å². The van der Waals surface area contributed by atoms with Crippen molar-refractivity contribution in [2.45, 2.75) is 25.3 Å². The van der Waals surface area contributed by atoms with Crippen LogP contribution in [0.5, 0.6) is 0 Å². The molecule has 0 saturated carbocycles. The fourth-order valence-corrected chi connectivity index (χ4v) is 2.40. The zero-order valence-corrected chi connectivity index (χ0v) is 11.0. The van der Waals surface area contributed by atoms with Gasteiger partial charge in [-0.15, -0.1) is 0 Å². The molecule has 1 aliphatic heterocycles. The highest BCUT2D eigenvalue weighted by Crippen LogP contribution is 2.22. The van der Waals surface area contributed by atoms with Gasteiger partial charge in [0.2, 0.25) is 0 Å². The van der Waals surface area contributed by atoms with Gasteiger partial charge in [-0.2, -0.15) is 0 Å². The van der Waals surface area contributed by atoms with E-state index in [1.807, 2.05) is 6.92 Å². The topological polar surface area (TPSA) is 41.1 Å². The molecule has 0 bridgehead atoms. The maximum atomic E-state index is 13.6. The van der Waals surface area contributed by atoms with Crippen LogP contribution in [0.1, 0.15) is 30.1 Å². The van der Waals surface area contributed by atoms with Gasteiger partial charge < -0.3 is 10.6 Å². The van der Waals surface area contributed by atoms with Crippen molar-refractivity contribution < 1.29 is 9.18 Å². The Labute approximate surface area is 111 Å². The monoisotopic (exact) mass is 270 g/mol. The Kier molecular flexibility index (Phi) is 3.88. The van der Waals surface area contributed by atoms with E-state index in [1.165, 1.54) is 18.2 Å². The fourth-order valence-electron chi connectivity index (χ4n) is 2.15. The molecule has 0 unspecified atom stereocenters. The summed E-state index contributed by atoms with van der Waals surface area (Å²) in [5, 5.41) is 6.26. The second kappa shape index (κ2) is 5.24. The summed E-state index contributed by atoms with van der Waals surface area (Å²) >= 11 is 5.87. The van der Waals surface area contributed by atoms with E-state index in [9.17, 15) is 9.18 Å². The first-order valence-electron chi connectivity index (χ1n) is 5.99. The number of hydrogen-bond acceptors (Lipinski definition) is 2. The lowest BCUT2D eigenvalue weighted by molar-refractivity contribution is 0.0883. The minimum Gasteiger partial charge on any atom is -0.347 e. The molecule has 0 aliphatic carbocycles. The molecule has 0 aromatic heterocycles. The van der Waals surface area contributed by atoms with Crippen molar-refractivity contribution in [1.29, 1.82) is 0 Å². The predicted molar refractivity (Wildman–Crippen MR) is 69.4 cm³/mol. The van der Waals surface area contributed by atoms with E-state index in [1.54, 1.807) is 0 Å². The average Bonchev–Trinajstić information content (AvgIpc) is 2.28. The van der Waals surface area contributed by atoms with Crippen LogP contribution in [-0.4, -0.2) is 24.5 Å². The van der Waals surface area contributed by atoms with Gasteiger partial charge in [-0.1, -0.05) is 17.7 Å².